The molecule has 1 atom stereocenters. The Balaban J connectivity index is 2.12. The summed E-state index contributed by atoms with van der Waals surface area (Å²) >= 11 is 1.75. The molecule has 4 nitrogen and oxygen atoms in total. The van der Waals surface area contributed by atoms with Crippen molar-refractivity contribution < 1.29 is 0 Å². The predicted molar refractivity (Wildman–Crippen MR) is 65.6 cm³/mol. The number of nitrogens with one attached hydrogen (secondary N) is 1. The van der Waals surface area contributed by atoms with E-state index >= 15 is 0 Å². The smallest absolute Gasteiger partial charge is 0.0897 e. The zero-order valence-corrected chi connectivity index (χ0v) is 10.6. The first kappa shape index (κ1) is 11.3. The van der Waals surface area contributed by atoms with Crippen LogP contribution in [0.25, 0.3) is 0 Å². The van der Waals surface area contributed by atoms with Crippen LogP contribution < -0.4 is 5.32 Å². The minimum absolute atomic E-state index is 0.329. The second kappa shape index (κ2) is 4.76. The van der Waals surface area contributed by atoms with Crippen LogP contribution in [0.2, 0.25) is 0 Å². The Morgan fingerprint density at radius 3 is 2.81 bits per heavy atom. The molecular formula is C11H16N4S. The zero-order valence-electron chi connectivity index (χ0n) is 9.77. The van der Waals surface area contributed by atoms with E-state index in [0.29, 0.717) is 6.04 Å². The Labute approximate surface area is 99.3 Å². The highest BCUT2D eigenvalue weighted by molar-refractivity contribution is 7.11. The van der Waals surface area contributed by atoms with Gasteiger partial charge in [-0.1, -0.05) is 0 Å². The molecule has 0 radical (unpaired) electrons. The Hall–Kier alpha value is -1.20. The number of hydrogen-bond acceptors (Lipinski definition) is 4. The van der Waals surface area contributed by atoms with Gasteiger partial charge in [0.05, 0.1) is 11.2 Å². The molecule has 0 bridgehead atoms. The first-order valence-corrected chi connectivity index (χ1v) is 6.08. The molecule has 0 saturated carbocycles. The summed E-state index contributed by atoms with van der Waals surface area (Å²) in [4.78, 5) is 5.57. The van der Waals surface area contributed by atoms with Crippen molar-refractivity contribution in [2.24, 2.45) is 7.05 Å². The van der Waals surface area contributed by atoms with E-state index in [4.69, 9.17) is 0 Å². The molecule has 1 N–H and O–H groups in total. The summed E-state index contributed by atoms with van der Waals surface area (Å²) in [5, 5.41) is 8.61. The highest BCUT2D eigenvalue weighted by atomic mass is 32.1. The molecule has 0 aliphatic heterocycles. The Kier molecular flexibility index (Phi) is 3.36. The van der Waals surface area contributed by atoms with E-state index in [-0.39, 0.29) is 0 Å². The first-order valence-electron chi connectivity index (χ1n) is 5.26. The molecule has 0 spiro atoms. The summed E-state index contributed by atoms with van der Waals surface area (Å²) in [6, 6.07) is 0.329. The third-order valence-corrected chi connectivity index (χ3v) is 3.56. The number of aromatic nitrogens is 3. The fourth-order valence-electron chi connectivity index (χ4n) is 1.70. The standard InChI is InChI=1S/C11H16N4S/c1-8-13-6-11(16-8)10(12-2)4-9-5-14-15(3)7-9/h5-7,10,12H,4H2,1-3H3. The number of rotatable bonds is 4. The number of likely N-dealkylation sites (N-methyl/N-ethyl adjacent to an activating group) is 1. The van der Waals surface area contributed by atoms with Crippen LogP contribution in [0.3, 0.4) is 0 Å². The van der Waals surface area contributed by atoms with Crippen LogP contribution in [0.4, 0.5) is 0 Å². The van der Waals surface area contributed by atoms with Gasteiger partial charge in [0, 0.05) is 30.4 Å². The van der Waals surface area contributed by atoms with Gasteiger partial charge in [0.25, 0.3) is 0 Å². The summed E-state index contributed by atoms with van der Waals surface area (Å²) < 4.78 is 1.83. The van der Waals surface area contributed by atoms with E-state index in [0.717, 1.165) is 11.4 Å². The van der Waals surface area contributed by atoms with Crippen molar-refractivity contribution in [3.05, 3.63) is 34.0 Å². The Bertz CT molecular complexity index is 460. The van der Waals surface area contributed by atoms with Crippen LogP contribution >= 0.6 is 11.3 Å². The molecule has 1 unspecified atom stereocenters. The van der Waals surface area contributed by atoms with Gasteiger partial charge in [-0.15, -0.1) is 11.3 Å². The highest BCUT2D eigenvalue weighted by Gasteiger charge is 2.13. The van der Waals surface area contributed by atoms with Gasteiger partial charge in [-0.05, 0) is 26.0 Å². The number of hydrogen-bond donors (Lipinski definition) is 1. The molecular weight excluding hydrogens is 220 g/mol. The summed E-state index contributed by atoms with van der Waals surface area (Å²) in [7, 11) is 3.92. The summed E-state index contributed by atoms with van der Waals surface area (Å²) in [6.07, 6.45) is 6.87. The van der Waals surface area contributed by atoms with Crippen LogP contribution in [-0.2, 0) is 13.5 Å². The lowest BCUT2D eigenvalue weighted by atomic mass is 10.1. The van der Waals surface area contributed by atoms with Crippen molar-refractivity contribution in [1.29, 1.82) is 0 Å². The zero-order chi connectivity index (χ0) is 11.5. The lowest BCUT2D eigenvalue weighted by molar-refractivity contribution is 0.600. The molecule has 2 heterocycles. The van der Waals surface area contributed by atoms with Gasteiger partial charge in [0.1, 0.15) is 0 Å². The van der Waals surface area contributed by atoms with Gasteiger partial charge >= 0.3 is 0 Å². The van der Waals surface area contributed by atoms with E-state index in [1.165, 1.54) is 10.4 Å². The molecule has 0 aliphatic rings. The maximum atomic E-state index is 4.29. The highest BCUT2D eigenvalue weighted by Crippen LogP contribution is 2.23. The third-order valence-electron chi connectivity index (χ3n) is 2.53. The van der Waals surface area contributed by atoms with E-state index in [9.17, 15) is 0 Å². The fraction of sp³-hybridized carbons (Fsp3) is 0.455. The van der Waals surface area contributed by atoms with Crippen LogP contribution in [-0.4, -0.2) is 21.8 Å². The van der Waals surface area contributed by atoms with Crippen molar-refractivity contribution in [3.63, 3.8) is 0 Å². The van der Waals surface area contributed by atoms with E-state index in [1.807, 2.05) is 38.1 Å². The lowest BCUT2D eigenvalue weighted by Crippen LogP contribution is -2.17. The average molecular weight is 236 g/mol. The molecule has 2 aromatic rings. The maximum absolute atomic E-state index is 4.29. The Morgan fingerprint density at radius 1 is 1.50 bits per heavy atom. The molecule has 2 rings (SSSR count). The molecule has 0 aromatic carbocycles. The second-order valence-electron chi connectivity index (χ2n) is 3.85. The van der Waals surface area contributed by atoms with Gasteiger partial charge in [0.15, 0.2) is 0 Å². The van der Waals surface area contributed by atoms with Crippen molar-refractivity contribution in [3.8, 4) is 0 Å². The average Bonchev–Trinajstić information content (AvgIpc) is 2.84. The van der Waals surface area contributed by atoms with Crippen molar-refractivity contribution in [2.45, 2.75) is 19.4 Å². The van der Waals surface area contributed by atoms with E-state index in [2.05, 4.69) is 21.6 Å². The largest absolute Gasteiger partial charge is 0.312 e. The number of thiazole rings is 1. The van der Waals surface area contributed by atoms with Crippen LogP contribution in [0.5, 0.6) is 0 Å². The molecule has 5 heteroatoms. The maximum Gasteiger partial charge on any atom is 0.0897 e. The molecule has 0 saturated heterocycles. The second-order valence-corrected chi connectivity index (χ2v) is 5.12. The quantitative estimate of drug-likeness (QED) is 0.878. The van der Waals surface area contributed by atoms with Crippen molar-refractivity contribution >= 4 is 11.3 Å². The monoisotopic (exact) mass is 236 g/mol. The van der Waals surface area contributed by atoms with Crippen molar-refractivity contribution in [1.82, 2.24) is 20.1 Å². The molecule has 16 heavy (non-hydrogen) atoms. The van der Waals surface area contributed by atoms with E-state index in [1.54, 1.807) is 11.3 Å². The minimum Gasteiger partial charge on any atom is -0.312 e. The normalized spacial score (nSPS) is 12.9. The SMILES string of the molecule is CNC(Cc1cnn(C)c1)c1cnc(C)s1. The Morgan fingerprint density at radius 2 is 2.31 bits per heavy atom. The molecule has 2 aromatic heterocycles. The van der Waals surface area contributed by atoms with E-state index < -0.39 is 0 Å². The summed E-state index contributed by atoms with van der Waals surface area (Å²) in [5.74, 6) is 0. The summed E-state index contributed by atoms with van der Waals surface area (Å²) in [6.45, 7) is 2.03. The van der Waals surface area contributed by atoms with Crippen molar-refractivity contribution in [2.75, 3.05) is 7.05 Å². The molecule has 86 valence electrons. The van der Waals surface area contributed by atoms with Gasteiger partial charge in [-0.2, -0.15) is 5.10 Å². The number of nitrogens with zero attached hydrogens (tertiary/aromatic N) is 3. The predicted octanol–water partition coefficient (Wildman–Crippen LogP) is 1.69. The summed E-state index contributed by atoms with van der Waals surface area (Å²) in [5.41, 5.74) is 1.24. The van der Waals surface area contributed by atoms with Crippen LogP contribution in [0, 0.1) is 6.92 Å². The molecule has 0 fully saturated rings. The minimum atomic E-state index is 0.329. The fourth-order valence-corrected chi connectivity index (χ4v) is 2.59. The first-order chi connectivity index (χ1) is 7.69. The lowest BCUT2D eigenvalue weighted by Gasteiger charge is -2.12. The molecule has 0 amide bonds. The topological polar surface area (TPSA) is 42.7 Å². The molecule has 0 aliphatic carbocycles. The van der Waals surface area contributed by atoms with Crippen LogP contribution in [0.15, 0.2) is 18.6 Å². The van der Waals surface area contributed by atoms with Crippen LogP contribution in [0.1, 0.15) is 21.5 Å². The van der Waals surface area contributed by atoms with Gasteiger partial charge in [0.2, 0.25) is 0 Å². The van der Waals surface area contributed by atoms with Gasteiger partial charge in [-0.3, -0.25) is 4.68 Å². The number of aryl methyl sites for hydroxylation is 2. The van der Waals surface area contributed by atoms with Gasteiger partial charge < -0.3 is 5.32 Å². The van der Waals surface area contributed by atoms with Gasteiger partial charge in [-0.25, -0.2) is 4.98 Å². The third kappa shape index (κ3) is 2.48.